The molecule has 1 amide bonds. The summed E-state index contributed by atoms with van der Waals surface area (Å²) < 4.78 is 2.47. The largest absolute Gasteiger partial charge is 0.311 e. The van der Waals surface area contributed by atoms with E-state index in [1.54, 1.807) is 14.0 Å². The van der Waals surface area contributed by atoms with Crippen LogP contribution in [-0.2, 0) is 9.59 Å². The van der Waals surface area contributed by atoms with Gasteiger partial charge in [0.05, 0.1) is 6.04 Å². The number of carbonyl (C=O) groups is 2. The predicted octanol–water partition coefficient (Wildman–Crippen LogP) is 2.68. The Labute approximate surface area is 147 Å². The van der Waals surface area contributed by atoms with Crippen molar-refractivity contribution in [3.05, 3.63) is 0 Å². The van der Waals surface area contributed by atoms with E-state index in [-0.39, 0.29) is 38.9 Å². The second-order valence-electron chi connectivity index (χ2n) is 4.27. The molecule has 0 aromatic rings. The molecule has 1 unspecified atom stereocenters. The summed E-state index contributed by atoms with van der Waals surface area (Å²) >= 11 is -0.192. The maximum atomic E-state index is 11.0. The van der Waals surface area contributed by atoms with Crippen LogP contribution in [0.2, 0.25) is 8.87 Å². The number of rotatable bonds is 9. The number of ketones is 1. The molecule has 0 spiro atoms. The monoisotopic (exact) mass is 418 g/mol. The number of hydrogen-bond donors (Lipinski definition) is 2. The van der Waals surface area contributed by atoms with Crippen LogP contribution in [0.4, 0.5) is 0 Å². The molecule has 5 heteroatoms. The van der Waals surface area contributed by atoms with E-state index in [0.29, 0.717) is 19.4 Å². The van der Waals surface area contributed by atoms with E-state index in [1.165, 1.54) is 4.44 Å². The number of amides is 1. The summed E-state index contributed by atoms with van der Waals surface area (Å²) in [6.07, 6.45) is 7.28. The molecule has 0 aliphatic rings. The van der Waals surface area contributed by atoms with Crippen LogP contribution in [0.1, 0.15) is 53.9 Å². The van der Waals surface area contributed by atoms with Gasteiger partial charge in [0.2, 0.25) is 0 Å². The third-order valence-corrected chi connectivity index (χ3v) is 5.77. The average Bonchev–Trinajstić information content (AvgIpc) is 2.51. The number of nitrogens with one attached hydrogen (secondary N) is 2. The van der Waals surface area contributed by atoms with Crippen molar-refractivity contribution in [2.24, 2.45) is 0 Å². The average molecular weight is 417 g/mol. The zero-order chi connectivity index (χ0) is 17.8. The fraction of sp³-hybridized carbons (Fsp3) is 0.765. The third-order valence-electron chi connectivity index (χ3n) is 2.62. The first-order valence-corrected chi connectivity index (χ1v) is 12.2. The van der Waals surface area contributed by atoms with Crippen LogP contribution in [-0.4, -0.2) is 52.5 Å². The maximum absolute atomic E-state index is 11.0. The first-order valence-electron chi connectivity index (χ1n) is 8.11. The topological polar surface area (TPSA) is 58.2 Å². The van der Waals surface area contributed by atoms with Gasteiger partial charge in [-0.25, -0.2) is 0 Å². The molecule has 1 atom stereocenters. The summed E-state index contributed by atoms with van der Waals surface area (Å²) in [6, 6.07) is 0.0648. The molecular formula is C17H34N2O2Sn. The number of hydrogen-bond acceptors (Lipinski definition) is 3. The molecule has 0 aromatic heterocycles. The summed E-state index contributed by atoms with van der Waals surface area (Å²) in [7, 11) is 1.80. The van der Waals surface area contributed by atoms with Gasteiger partial charge in [-0.05, 0) is 20.4 Å². The molecule has 22 heavy (non-hydrogen) atoms. The van der Waals surface area contributed by atoms with Crippen molar-refractivity contribution in [2.75, 3.05) is 13.6 Å². The standard InChI is InChI=1S/C7H10NO.C6H13NO.C2H6.C2H5.Sn/c1-3-5-6-8-7(9)4-2;1-4-6(7-3)5(2)8;2*1-2;/h1H,2,4-6H2,(H,8,9);6-7H,4H2,1-3H3;1-2H3;1H2,2H3;. The van der Waals surface area contributed by atoms with Crippen LogP contribution < -0.4 is 10.6 Å². The van der Waals surface area contributed by atoms with E-state index >= 15 is 0 Å². The molecule has 0 saturated carbocycles. The van der Waals surface area contributed by atoms with Gasteiger partial charge in [-0.15, -0.1) is 0 Å². The van der Waals surface area contributed by atoms with Crippen molar-refractivity contribution in [2.45, 2.75) is 68.8 Å². The van der Waals surface area contributed by atoms with Gasteiger partial charge in [-0.2, -0.15) is 0 Å². The molecule has 2 radical (unpaired) electrons. The van der Waals surface area contributed by atoms with Gasteiger partial charge in [0, 0.05) is 0 Å². The number of carbonyl (C=O) groups excluding carboxylic acids is 2. The van der Waals surface area contributed by atoms with Gasteiger partial charge in [-0.1, -0.05) is 20.8 Å². The second-order valence-corrected chi connectivity index (χ2v) is 9.14. The number of terminal acetylenes is 1. The van der Waals surface area contributed by atoms with Crippen molar-refractivity contribution in [1.29, 1.82) is 0 Å². The zero-order valence-corrected chi connectivity index (χ0v) is 18.1. The Kier molecular flexibility index (Phi) is 27.2. The second kappa shape index (κ2) is 22.7. The molecule has 128 valence electrons. The molecule has 2 N–H and O–H groups in total. The Hall–Kier alpha value is -0.541. The fourth-order valence-electron chi connectivity index (χ4n) is 1.44. The number of likely N-dealkylation sites (N-methyl/N-ethyl adjacent to an activating group) is 1. The normalized spacial score (nSPS) is 10.0. The minimum atomic E-state index is -0.192. The molecule has 0 rings (SSSR count). The van der Waals surface area contributed by atoms with Crippen LogP contribution >= 0.6 is 0 Å². The summed E-state index contributed by atoms with van der Waals surface area (Å²) in [4.78, 5) is 21.6. The molecule has 4 nitrogen and oxygen atoms in total. The Morgan fingerprint density at radius 1 is 1.27 bits per heavy atom. The molecular weight excluding hydrogens is 383 g/mol. The van der Waals surface area contributed by atoms with Gasteiger partial charge in [0.1, 0.15) is 5.78 Å². The van der Waals surface area contributed by atoms with Gasteiger partial charge in [0.25, 0.3) is 0 Å². The molecule has 0 heterocycles. The Balaban J connectivity index is -0.000000313. The van der Waals surface area contributed by atoms with E-state index < -0.39 is 0 Å². The van der Waals surface area contributed by atoms with Gasteiger partial charge in [-0.3, -0.25) is 4.79 Å². The predicted molar refractivity (Wildman–Crippen MR) is 97.3 cm³/mol. The first kappa shape index (κ1) is 26.4. The van der Waals surface area contributed by atoms with E-state index in [4.69, 9.17) is 6.42 Å². The van der Waals surface area contributed by atoms with Gasteiger partial charge >= 0.3 is 84.7 Å². The Morgan fingerprint density at radius 2 is 1.86 bits per heavy atom. The fourth-order valence-corrected chi connectivity index (χ4v) is 3.60. The van der Waals surface area contributed by atoms with E-state index in [2.05, 4.69) is 23.5 Å². The molecule has 0 aliphatic carbocycles. The quantitative estimate of drug-likeness (QED) is 0.345. The maximum Gasteiger partial charge on any atom is 0.146 e. The van der Waals surface area contributed by atoms with Crippen molar-refractivity contribution in [3.8, 4) is 12.3 Å². The molecule has 0 fully saturated rings. The molecule has 0 bridgehead atoms. The van der Waals surface area contributed by atoms with E-state index in [1.807, 2.05) is 20.8 Å². The molecule has 0 aromatic carbocycles. The Morgan fingerprint density at radius 3 is 2.18 bits per heavy atom. The third kappa shape index (κ3) is 21.8. The smallest absolute Gasteiger partial charge is 0.146 e. The molecule has 0 saturated heterocycles. The Bertz CT molecular complexity index is 298. The van der Waals surface area contributed by atoms with Crippen molar-refractivity contribution in [3.63, 3.8) is 0 Å². The van der Waals surface area contributed by atoms with Crippen molar-refractivity contribution < 1.29 is 9.59 Å². The summed E-state index contributed by atoms with van der Waals surface area (Å²) in [5.74, 6) is 2.87. The summed E-state index contributed by atoms with van der Waals surface area (Å²) in [5, 5.41) is 5.69. The van der Waals surface area contributed by atoms with Gasteiger partial charge in [0.15, 0.2) is 0 Å². The van der Waals surface area contributed by atoms with Crippen LogP contribution in [0.5, 0.6) is 0 Å². The first-order chi connectivity index (χ1) is 10.5. The van der Waals surface area contributed by atoms with Crippen LogP contribution in [0, 0.1) is 12.3 Å². The van der Waals surface area contributed by atoms with Crippen LogP contribution in [0.25, 0.3) is 0 Å². The van der Waals surface area contributed by atoms with Crippen LogP contribution in [0.3, 0.4) is 0 Å². The number of Topliss-reactive ketones (excluding diaryl/α,β-unsaturated/α-hetero) is 1. The van der Waals surface area contributed by atoms with Crippen molar-refractivity contribution >= 4 is 32.8 Å². The minimum absolute atomic E-state index is 0.0648. The summed E-state index contributed by atoms with van der Waals surface area (Å²) in [6.45, 7) is 10.4. The molecule has 0 aliphatic heterocycles. The zero-order valence-electron chi connectivity index (χ0n) is 15.2. The van der Waals surface area contributed by atoms with Crippen molar-refractivity contribution in [1.82, 2.24) is 10.6 Å². The van der Waals surface area contributed by atoms with Crippen LogP contribution in [0.15, 0.2) is 0 Å². The summed E-state index contributed by atoms with van der Waals surface area (Å²) in [5.41, 5.74) is 0. The van der Waals surface area contributed by atoms with Gasteiger partial charge < -0.3 is 5.32 Å². The van der Waals surface area contributed by atoms with E-state index in [9.17, 15) is 9.59 Å². The van der Waals surface area contributed by atoms with E-state index in [0.717, 1.165) is 10.9 Å². The minimum Gasteiger partial charge on any atom is -0.311 e. The SMILES string of the molecule is C#CCCNC(=O)C[CH2][Sn][CH2]C.CC.CCC(NC)C(C)=O.